The zero-order chi connectivity index (χ0) is 10.1. The molecule has 6 heteroatoms. The van der Waals surface area contributed by atoms with Gasteiger partial charge in [0, 0.05) is 25.4 Å². The Morgan fingerprint density at radius 1 is 1.33 bits per heavy atom. The van der Waals surface area contributed by atoms with Gasteiger partial charge in [-0.2, -0.15) is 0 Å². The number of rotatable bonds is 1. The van der Waals surface area contributed by atoms with E-state index >= 15 is 0 Å². The molecule has 0 saturated heterocycles. The average Bonchev–Trinajstić information content (AvgIpc) is 2.78. The highest BCUT2D eigenvalue weighted by Gasteiger charge is 2.25. The summed E-state index contributed by atoms with van der Waals surface area (Å²) in [5.74, 6) is 0. The van der Waals surface area contributed by atoms with Crippen LogP contribution in [0.4, 0.5) is 0 Å². The quantitative estimate of drug-likeness (QED) is 0.671. The first kappa shape index (κ1) is 8.49. The van der Waals surface area contributed by atoms with Gasteiger partial charge in [0.25, 0.3) is 0 Å². The fourth-order valence-corrected chi connectivity index (χ4v) is 1.82. The molecule has 2 N–H and O–H groups in total. The second-order valence-electron chi connectivity index (χ2n) is 3.44. The fraction of sp³-hybridized carbons (Fsp3) is 0.333. The van der Waals surface area contributed by atoms with Gasteiger partial charge in [-0.15, -0.1) is 5.10 Å². The van der Waals surface area contributed by atoms with E-state index in [1.165, 1.54) is 0 Å². The van der Waals surface area contributed by atoms with Gasteiger partial charge in [-0.05, 0) is 0 Å². The van der Waals surface area contributed by atoms with Gasteiger partial charge in [-0.25, -0.2) is 0 Å². The zero-order valence-electron chi connectivity index (χ0n) is 8.01. The molecule has 1 aliphatic heterocycles. The Hall–Kier alpha value is -1.82. The fourth-order valence-electron chi connectivity index (χ4n) is 1.82. The van der Waals surface area contributed by atoms with Crippen LogP contribution in [0.15, 0.2) is 18.6 Å². The number of aromatic nitrogens is 5. The van der Waals surface area contributed by atoms with Crippen molar-refractivity contribution in [2.45, 2.75) is 12.5 Å². The van der Waals surface area contributed by atoms with Crippen molar-refractivity contribution in [3.8, 4) is 0 Å². The van der Waals surface area contributed by atoms with Crippen LogP contribution in [0.2, 0.25) is 0 Å². The summed E-state index contributed by atoms with van der Waals surface area (Å²) in [6.45, 7) is 0.901. The van der Waals surface area contributed by atoms with E-state index in [-0.39, 0.29) is 6.04 Å². The number of nitrogens with one attached hydrogen (secondary N) is 2. The van der Waals surface area contributed by atoms with Gasteiger partial charge in [-0.1, -0.05) is 5.21 Å². The molecule has 0 saturated carbocycles. The van der Waals surface area contributed by atoms with E-state index in [2.05, 4.69) is 30.7 Å². The van der Waals surface area contributed by atoms with Gasteiger partial charge >= 0.3 is 0 Å². The monoisotopic (exact) mass is 202 g/mol. The Labute approximate surface area is 86.2 Å². The molecule has 2 aromatic heterocycles. The van der Waals surface area contributed by atoms with Gasteiger partial charge in [0.05, 0.1) is 23.6 Å². The van der Waals surface area contributed by atoms with Crippen LogP contribution in [0, 0.1) is 0 Å². The molecule has 3 heterocycles. The van der Waals surface area contributed by atoms with Crippen LogP contribution >= 0.6 is 0 Å². The third kappa shape index (κ3) is 1.39. The summed E-state index contributed by atoms with van der Waals surface area (Å²) in [5.41, 5.74) is 2.90. The van der Waals surface area contributed by atoms with Crippen LogP contribution < -0.4 is 5.32 Å². The maximum absolute atomic E-state index is 4.27. The third-order valence-electron chi connectivity index (χ3n) is 2.53. The van der Waals surface area contributed by atoms with Gasteiger partial charge in [0.15, 0.2) is 0 Å². The molecule has 0 radical (unpaired) electrons. The van der Waals surface area contributed by atoms with Crippen molar-refractivity contribution in [3.63, 3.8) is 0 Å². The molecular weight excluding hydrogens is 192 g/mol. The highest BCUT2D eigenvalue weighted by atomic mass is 15.3. The molecule has 15 heavy (non-hydrogen) atoms. The van der Waals surface area contributed by atoms with Gasteiger partial charge < -0.3 is 5.32 Å². The van der Waals surface area contributed by atoms with Crippen molar-refractivity contribution in [2.24, 2.45) is 0 Å². The first-order valence-electron chi connectivity index (χ1n) is 4.84. The molecule has 1 atom stereocenters. The standard InChI is InChI=1S/C9H10N6/c1-2-12-8(7-5-10-3-4-11-7)9-6(1)13-15-14-9/h3-5,8,12H,1-2H2,(H,13,14,15). The van der Waals surface area contributed by atoms with Crippen molar-refractivity contribution >= 4 is 0 Å². The van der Waals surface area contributed by atoms with Crippen LogP contribution in [0.25, 0.3) is 0 Å². The van der Waals surface area contributed by atoms with E-state index in [0.717, 1.165) is 30.0 Å². The van der Waals surface area contributed by atoms with E-state index in [1.54, 1.807) is 18.6 Å². The molecule has 3 rings (SSSR count). The van der Waals surface area contributed by atoms with Gasteiger partial charge in [-0.3, -0.25) is 15.1 Å². The van der Waals surface area contributed by atoms with Crippen LogP contribution in [0.1, 0.15) is 23.1 Å². The molecular formula is C9H10N6. The molecule has 1 aliphatic rings. The van der Waals surface area contributed by atoms with Crippen molar-refractivity contribution in [1.82, 2.24) is 30.7 Å². The SMILES string of the molecule is c1cnc(C2NCCc3[nH]nnc32)cn1. The average molecular weight is 202 g/mol. The molecule has 76 valence electrons. The molecule has 0 aromatic carbocycles. The Bertz CT molecular complexity index is 451. The highest BCUT2D eigenvalue weighted by molar-refractivity contribution is 5.25. The third-order valence-corrected chi connectivity index (χ3v) is 2.53. The first-order chi connectivity index (χ1) is 7.45. The summed E-state index contributed by atoms with van der Waals surface area (Å²) >= 11 is 0. The molecule has 2 aromatic rings. The Morgan fingerprint density at radius 2 is 2.33 bits per heavy atom. The molecule has 0 fully saturated rings. The molecule has 6 nitrogen and oxygen atoms in total. The van der Waals surface area contributed by atoms with Crippen molar-refractivity contribution in [2.75, 3.05) is 6.54 Å². The second-order valence-corrected chi connectivity index (χ2v) is 3.44. The Kier molecular flexibility index (Phi) is 1.92. The minimum atomic E-state index is 0.0150. The lowest BCUT2D eigenvalue weighted by Gasteiger charge is -2.20. The molecule has 0 spiro atoms. The predicted octanol–water partition coefficient (Wildman–Crippen LogP) is -0.170. The summed E-state index contributed by atoms with van der Waals surface area (Å²) < 4.78 is 0. The number of fused-ring (bicyclic) bond motifs is 1. The maximum atomic E-state index is 4.27. The largest absolute Gasteiger partial charge is 0.303 e. The smallest absolute Gasteiger partial charge is 0.109 e. The maximum Gasteiger partial charge on any atom is 0.109 e. The van der Waals surface area contributed by atoms with E-state index in [0.29, 0.717) is 0 Å². The number of aromatic amines is 1. The van der Waals surface area contributed by atoms with E-state index < -0.39 is 0 Å². The number of nitrogens with zero attached hydrogens (tertiary/aromatic N) is 4. The molecule has 0 bridgehead atoms. The molecule has 1 unspecified atom stereocenters. The van der Waals surface area contributed by atoms with Crippen LogP contribution in [0.3, 0.4) is 0 Å². The summed E-state index contributed by atoms with van der Waals surface area (Å²) in [5, 5.41) is 14.2. The lowest BCUT2D eigenvalue weighted by atomic mass is 10.0. The predicted molar refractivity (Wildman–Crippen MR) is 52.0 cm³/mol. The number of H-pyrrole nitrogens is 1. The summed E-state index contributed by atoms with van der Waals surface area (Å²) in [6, 6.07) is 0.0150. The highest BCUT2D eigenvalue weighted by Crippen LogP contribution is 2.22. The topological polar surface area (TPSA) is 79.4 Å². The van der Waals surface area contributed by atoms with Crippen molar-refractivity contribution < 1.29 is 0 Å². The minimum Gasteiger partial charge on any atom is -0.303 e. The Balaban J connectivity index is 2.03. The van der Waals surface area contributed by atoms with Crippen LogP contribution in [-0.4, -0.2) is 31.9 Å². The zero-order valence-corrected chi connectivity index (χ0v) is 8.01. The number of hydrogen-bond donors (Lipinski definition) is 2. The van der Waals surface area contributed by atoms with Gasteiger partial charge in [0.2, 0.25) is 0 Å². The Morgan fingerprint density at radius 3 is 3.20 bits per heavy atom. The second kappa shape index (κ2) is 3.39. The van der Waals surface area contributed by atoms with Crippen LogP contribution in [-0.2, 0) is 6.42 Å². The summed E-state index contributed by atoms with van der Waals surface area (Å²) in [6.07, 6.45) is 6.03. The minimum absolute atomic E-state index is 0.0150. The lowest BCUT2D eigenvalue weighted by molar-refractivity contribution is 0.541. The van der Waals surface area contributed by atoms with Crippen molar-refractivity contribution in [3.05, 3.63) is 35.7 Å². The molecule has 0 aliphatic carbocycles. The first-order valence-corrected chi connectivity index (χ1v) is 4.84. The van der Waals surface area contributed by atoms with E-state index in [9.17, 15) is 0 Å². The van der Waals surface area contributed by atoms with E-state index in [4.69, 9.17) is 0 Å². The van der Waals surface area contributed by atoms with Gasteiger partial charge in [0.1, 0.15) is 5.69 Å². The van der Waals surface area contributed by atoms with E-state index in [1.807, 2.05) is 0 Å². The van der Waals surface area contributed by atoms with Crippen molar-refractivity contribution in [1.29, 1.82) is 0 Å². The lowest BCUT2D eigenvalue weighted by Crippen LogP contribution is -2.31. The molecule has 0 amide bonds. The summed E-state index contributed by atoms with van der Waals surface area (Å²) in [7, 11) is 0. The normalized spacial score (nSPS) is 19.9. The number of hydrogen-bond acceptors (Lipinski definition) is 5. The van der Waals surface area contributed by atoms with Crippen LogP contribution in [0.5, 0.6) is 0 Å². The summed E-state index contributed by atoms with van der Waals surface area (Å²) in [4.78, 5) is 8.33.